The summed E-state index contributed by atoms with van der Waals surface area (Å²) >= 11 is 1.48. The van der Waals surface area contributed by atoms with Crippen LogP contribution in [-0.4, -0.2) is 49.2 Å². The van der Waals surface area contributed by atoms with Gasteiger partial charge in [0, 0.05) is 38.2 Å². The number of aromatic nitrogens is 2. The highest BCUT2D eigenvalue weighted by atomic mass is 32.1. The van der Waals surface area contributed by atoms with Gasteiger partial charge in [0.15, 0.2) is 0 Å². The lowest BCUT2D eigenvalue weighted by Crippen LogP contribution is -2.41. The molecule has 2 rings (SSSR count). The summed E-state index contributed by atoms with van der Waals surface area (Å²) in [6, 6.07) is 0. The van der Waals surface area contributed by atoms with E-state index >= 15 is 0 Å². The first-order valence-electron chi connectivity index (χ1n) is 8.79. The van der Waals surface area contributed by atoms with Crippen molar-refractivity contribution in [2.75, 3.05) is 40.0 Å². The Bertz CT molecular complexity index is 840. The van der Waals surface area contributed by atoms with E-state index in [1.807, 2.05) is 13.8 Å². The van der Waals surface area contributed by atoms with Crippen molar-refractivity contribution >= 4 is 21.6 Å². The van der Waals surface area contributed by atoms with Crippen molar-refractivity contribution in [3.05, 3.63) is 31.3 Å². The van der Waals surface area contributed by atoms with Gasteiger partial charge in [-0.1, -0.05) is 0 Å². The number of fused-ring (bicyclic) bond motifs is 1. The first-order valence-corrected chi connectivity index (χ1v) is 9.61. The van der Waals surface area contributed by atoms with Crippen molar-refractivity contribution in [2.24, 2.45) is 5.73 Å². The van der Waals surface area contributed by atoms with E-state index in [2.05, 4.69) is 5.32 Å². The fraction of sp³-hybridized carbons (Fsp3) is 0.647. The zero-order valence-corrected chi connectivity index (χ0v) is 16.5. The van der Waals surface area contributed by atoms with Crippen LogP contribution in [0.2, 0.25) is 0 Å². The Morgan fingerprint density at radius 2 is 1.92 bits per heavy atom. The van der Waals surface area contributed by atoms with E-state index in [4.69, 9.17) is 15.2 Å². The molecule has 2 aromatic rings. The number of nitrogens with zero attached hydrogens (tertiary/aromatic N) is 2. The normalized spacial score (nSPS) is 11.5. The van der Waals surface area contributed by atoms with Gasteiger partial charge in [0.2, 0.25) is 0 Å². The molecule has 0 aliphatic rings. The topological polar surface area (TPSA) is 101 Å². The molecule has 2 heterocycles. The van der Waals surface area contributed by atoms with Crippen LogP contribution in [0.5, 0.6) is 0 Å². The summed E-state index contributed by atoms with van der Waals surface area (Å²) in [5.74, 6) is 0. The molecule has 146 valence electrons. The summed E-state index contributed by atoms with van der Waals surface area (Å²) < 4.78 is 13.4. The second kappa shape index (κ2) is 9.98. The summed E-state index contributed by atoms with van der Waals surface area (Å²) in [7, 11) is 1.55. The van der Waals surface area contributed by atoms with E-state index in [1.54, 1.807) is 11.7 Å². The molecule has 0 aliphatic carbocycles. The number of ether oxygens (including phenoxy) is 2. The van der Waals surface area contributed by atoms with E-state index in [1.165, 1.54) is 15.9 Å². The van der Waals surface area contributed by atoms with Crippen LogP contribution in [0.25, 0.3) is 10.2 Å². The van der Waals surface area contributed by atoms with Crippen LogP contribution >= 0.6 is 11.3 Å². The summed E-state index contributed by atoms with van der Waals surface area (Å²) in [5, 5.41) is 3.86. The van der Waals surface area contributed by atoms with Gasteiger partial charge >= 0.3 is 5.69 Å². The third kappa shape index (κ3) is 4.41. The van der Waals surface area contributed by atoms with Crippen LogP contribution in [0.15, 0.2) is 9.59 Å². The maximum absolute atomic E-state index is 12.9. The molecule has 26 heavy (non-hydrogen) atoms. The molecule has 3 N–H and O–H groups in total. The quantitative estimate of drug-likeness (QED) is 0.539. The van der Waals surface area contributed by atoms with E-state index in [0.29, 0.717) is 56.2 Å². The minimum absolute atomic E-state index is 0.231. The van der Waals surface area contributed by atoms with Gasteiger partial charge in [-0.05, 0) is 19.4 Å². The van der Waals surface area contributed by atoms with Crippen LogP contribution in [0.3, 0.4) is 0 Å². The number of thiophene rings is 1. The zero-order valence-electron chi connectivity index (χ0n) is 15.7. The Labute approximate surface area is 156 Å². The Kier molecular flexibility index (Phi) is 7.98. The lowest BCUT2D eigenvalue weighted by atomic mass is 10.2. The number of nitrogens with one attached hydrogen (secondary N) is 1. The highest BCUT2D eigenvalue weighted by Crippen LogP contribution is 2.27. The number of aryl methyl sites for hydroxylation is 1. The number of hydrogen-bond acceptors (Lipinski definition) is 7. The van der Waals surface area contributed by atoms with Crippen molar-refractivity contribution in [3.63, 3.8) is 0 Å². The fourth-order valence-electron chi connectivity index (χ4n) is 2.79. The van der Waals surface area contributed by atoms with Crippen molar-refractivity contribution in [1.82, 2.24) is 14.5 Å². The number of nitrogens with two attached hydrogens (primary N) is 1. The Morgan fingerprint density at radius 3 is 2.58 bits per heavy atom. The van der Waals surface area contributed by atoms with Gasteiger partial charge in [-0.25, -0.2) is 4.79 Å². The second-order valence-corrected chi connectivity index (χ2v) is 6.96. The average molecular weight is 385 g/mol. The minimum atomic E-state index is -0.318. The molecular weight excluding hydrogens is 356 g/mol. The van der Waals surface area contributed by atoms with Gasteiger partial charge in [0.1, 0.15) is 4.83 Å². The first kappa shape index (κ1) is 20.8. The smallest absolute Gasteiger partial charge is 0.332 e. The third-order valence-electron chi connectivity index (χ3n) is 4.18. The Balaban J connectivity index is 2.58. The van der Waals surface area contributed by atoms with Gasteiger partial charge in [-0.15, -0.1) is 11.3 Å². The van der Waals surface area contributed by atoms with Crippen LogP contribution < -0.4 is 22.3 Å². The van der Waals surface area contributed by atoms with E-state index in [9.17, 15) is 9.59 Å². The zero-order chi connectivity index (χ0) is 19.1. The van der Waals surface area contributed by atoms with Crippen LogP contribution in [0.4, 0.5) is 0 Å². The highest BCUT2D eigenvalue weighted by molar-refractivity contribution is 7.18. The number of rotatable bonds is 11. The van der Waals surface area contributed by atoms with Crippen molar-refractivity contribution in [1.29, 1.82) is 0 Å². The van der Waals surface area contributed by atoms with Gasteiger partial charge in [-0.3, -0.25) is 13.9 Å². The molecule has 0 aliphatic heterocycles. The van der Waals surface area contributed by atoms with Gasteiger partial charge in [0.05, 0.1) is 31.7 Å². The summed E-state index contributed by atoms with van der Waals surface area (Å²) in [6.07, 6.45) is 0. The predicted molar refractivity (Wildman–Crippen MR) is 104 cm³/mol. The molecule has 2 aromatic heterocycles. The van der Waals surface area contributed by atoms with Gasteiger partial charge in [-0.2, -0.15) is 0 Å². The third-order valence-corrected chi connectivity index (χ3v) is 5.50. The standard InChI is InChI=1S/C17H28N4O4S/c1-4-25-10-8-21-16-14(12(2)13(26-16)11-19-6-5-18)15(22)20(17(21)23)7-9-24-3/h19H,4-11,18H2,1-3H3. The van der Waals surface area contributed by atoms with Gasteiger partial charge < -0.3 is 20.5 Å². The van der Waals surface area contributed by atoms with Crippen LogP contribution in [0.1, 0.15) is 17.4 Å². The molecule has 9 heteroatoms. The van der Waals surface area contributed by atoms with Gasteiger partial charge in [0.25, 0.3) is 5.56 Å². The van der Waals surface area contributed by atoms with Crippen molar-refractivity contribution in [2.45, 2.75) is 33.5 Å². The summed E-state index contributed by atoms with van der Waals surface area (Å²) in [4.78, 5) is 27.6. The average Bonchev–Trinajstić information content (AvgIpc) is 2.95. The molecule has 0 saturated carbocycles. The Morgan fingerprint density at radius 1 is 1.19 bits per heavy atom. The molecular formula is C17H28N4O4S. The molecule has 0 spiro atoms. The first-order chi connectivity index (χ1) is 12.6. The number of hydrogen-bond donors (Lipinski definition) is 2. The summed E-state index contributed by atoms with van der Waals surface area (Å²) in [5.41, 5.74) is 5.86. The second-order valence-electron chi connectivity index (χ2n) is 5.88. The Hall–Kier alpha value is -1.52. The molecule has 0 fully saturated rings. The SMILES string of the molecule is CCOCCn1c(=O)n(CCOC)c(=O)c2c(C)c(CNCCN)sc21. The molecule has 0 radical (unpaired) electrons. The maximum Gasteiger partial charge on any atom is 0.332 e. The van der Waals surface area contributed by atoms with E-state index in [-0.39, 0.29) is 17.8 Å². The highest BCUT2D eigenvalue weighted by Gasteiger charge is 2.19. The monoisotopic (exact) mass is 384 g/mol. The maximum atomic E-state index is 12.9. The number of methoxy groups -OCH3 is 1. The molecule has 0 unspecified atom stereocenters. The van der Waals surface area contributed by atoms with Crippen LogP contribution in [0, 0.1) is 6.92 Å². The largest absolute Gasteiger partial charge is 0.383 e. The molecule has 0 amide bonds. The lowest BCUT2D eigenvalue weighted by molar-refractivity contribution is 0.138. The van der Waals surface area contributed by atoms with E-state index in [0.717, 1.165) is 10.4 Å². The minimum Gasteiger partial charge on any atom is -0.383 e. The lowest BCUT2D eigenvalue weighted by Gasteiger charge is -2.12. The van der Waals surface area contributed by atoms with Crippen molar-refractivity contribution in [3.8, 4) is 0 Å². The fourth-order valence-corrected chi connectivity index (χ4v) is 4.08. The summed E-state index contributed by atoms with van der Waals surface area (Å²) in [6.45, 7) is 7.66. The predicted octanol–water partition coefficient (Wildman–Crippen LogP) is 0.264. The van der Waals surface area contributed by atoms with Crippen molar-refractivity contribution < 1.29 is 9.47 Å². The molecule has 0 bridgehead atoms. The molecule has 0 aromatic carbocycles. The molecule has 0 atom stereocenters. The molecule has 0 saturated heterocycles. The van der Waals surface area contributed by atoms with E-state index < -0.39 is 0 Å². The molecule has 8 nitrogen and oxygen atoms in total. The van der Waals surface area contributed by atoms with Crippen LogP contribution in [-0.2, 0) is 29.1 Å².